The predicted molar refractivity (Wildman–Crippen MR) is 65.4 cm³/mol. The molecule has 0 aliphatic heterocycles. The van der Waals surface area contributed by atoms with E-state index in [4.69, 9.17) is 4.74 Å². The topological polar surface area (TPSA) is 42.4 Å². The first kappa shape index (κ1) is 11.1. The minimum atomic E-state index is 0.649. The van der Waals surface area contributed by atoms with Crippen LogP contribution in [0.15, 0.2) is 48.8 Å². The van der Waals surface area contributed by atoms with Gasteiger partial charge in [-0.15, -0.1) is 0 Å². The Morgan fingerprint density at radius 3 is 2.53 bits per heavy atom. The van der Waals surface area contributed by atoms with Gasteiger partial charge >= 0.3 is 0 Å². The van der Waals surface area contributed by atoms with Crippen LogP contribution in [0.4, 0.5) is 11.4 Å². The second-order valence-corrected chi connectivity index (χ2v) is 3.35. The summed E-state index contributed by atoms with van der Waals surface area (Å²) in [6.45, 7) is 0. The number of anilines is 2. The monoisotopic (exact) mass is 228 g/mol. The summed E-state index contributed by atoms with van der Waals surface area (Å²) in [6, 6.07) is 10.9. The van der Waals surface area contributed by atoms with Gasteiger partial charge in [-0.1, -0.05) is 12.1 Å². The molecule has 0 aliphatic carbocycles. The zero-order chi connectivity index (χ0) is 12.1. The van der Waals surface area contributed by atoms with E-state index >= 15 is 0 Å². The number of para-hydroxylation sites is 2. The number of carbonyl (C=O) groups is 1. The summed E-state index contributed by atoms with van der Waals surface area (Å²) in [4.78, 5) is 16.7. The van der Waals surface area contributed by atoms with Gasteiger partial charge in [0.15, 0.2) is 0 Å². The van der Waals surface area contributed by atoms with Crippen molar-refractivity contribution in [3.8, 4) is 5.75 Å². The Balaban J connectivity index is 2.46. The summed E-state index contributed by atoms with van der Waals surface area (Å²) in [5.74, 6) is 0.649. The van der Waals surface area contributed by atoms with Crippen molar-refractivity contribution in [1.82, 2.24) is 4.98 Å². The molecule has 0 fully saturated rings. The number of rotatable bonds is 4. The fraction of sp³-hybridized carbons (Fsp3) is 0.0769. The molecular weight excluding hydrogens is 216 g/mol. The molecule has 1 aromatic carbocycles. The standard InChI is InChI=1S/C13H12N2O2/c1-17-13-5-3-2-4-12(13)15(10-16)11-6-8-14-9-7-11/h2-10H,1H3. The molecule has 0 spiro atoms. The smallest absolute Gasteiger partial charge is 0.218 e. The molecular formula is C13H12N2O2. The molecule has 0 unspecified atom stereocenters. The Bertz CT molecular complexity index is 500. The lowest BCUT2D eigenvalue weighted by molar-refractivity contribution is -0.106. The van der Waals surface area contributed by atoms with Gasteiger partial charge in [-0.3, -0.25) is 14.7 Å². The summed E-state index contributed by atoms with van der Waals surface area (Å²) < 4.78 is 5.23. The van der Waals surface area contributed by atoms with Crippen molar-refractivity contribution in [2.24, 2.45) is 0 Å². The van der Waals surface area contributed by atoms with E-state index < -0.39 is 0 Å². The molecule has 1 aromatic heterocycles. The number of pyridine rings is 1. The molecule has 0 radical (unpaired) electrons. The van der Waals surface area contributed by atoms with E-state index in [1.165, 1.54) is 4.90 Å². The van der Waals surface area contributed by atoms with Crippen molar-refractivity contribution < 1.29 is 9.53 Å². The van der Waals surface area contributed by atoms with Gasteiger partial charge in [0.1, 0.15) is 5.75 Å². The van der Waals surface area contributed by atoms with E-state index in [1.807, 2.05) is 24.3 Å². The molecule has 1 heterocycles. The van der Waals surface area contributed by atoms with Crippen LogP contribution >= 0.6 is 0 Å². The summed E-state index contributed by atoms with van der Waals surface area (Å²) >= 11 is 0. The van der Waals surface area contributed by atoms with Gasteiger partial charge < -0.3 is 4.74 Å². The maximum absolute atomic E-state index is 11.2. The highest BCUT2D eigenvalue weighted by atomic mass is 16.5. The molecule has 4 heteroatoms. The number of nitrogens with zero attached hydrogens (tertiary/aromatic N) is 2. The maximum atomic E-state index is 11.2. The van der Waals surface area contributed by atoms with Gasteiger partial charge in [0, 0.05) is 12.4 Å². The largest absolute Gasteiger partial charge is 0.495 e. The lowest BCUT2D eigenvalue weighted by Gasteiger charge is -2.19. The van der Waals surface area contributed by atoms with Crippen LogP contribution in [0.2, 0.25) is 0 Å². The lowest BCUT2D eigenvalue weighted by atomic mass is 10.2. The van der Waals surface area contributed by atoms with Crippen LogP contribution in [0.25, 0.3) is 0 Å². The van der Waals surface area contributed by atoms with Gasteiger partial charge in [0.25, 0.3) is 0 Å². The summed E-state index contributed by atoms with van der Waals surface area (Å²) in [6.07, 6.45) is 4.04. The molecule has 0 bridgehead atoms. The number of carbonyl (C=O) groups excluding carboxylic acids is 1. The van der Waals surface area contributed by atoms with Crippen molar-refractivity contribution >= 4 is 17.8 Å². The second-order valence-electron chi connectivity index (χ2n) is 3.35. The molecule has 2 rings (SSSR count). The first-order valence-electron chi connectivity index (χ1n) is 5.14. The van der Waals surface area contributed by atoms with E-state index in [1.54, 1.807) is 31.6 Å². The molecule has 2 aromatic rings. The number of hydrogen-bond acceptors (Lipinski definition) is 3. The summed E-state index contributed by atoms with van der Waals surface area (Å²) in [5.41, 5.74) is 1.45. The van der Waals surface area contributed by atoms with E-state index in [9.17, 15) is 4.79 Å². The quantitative estimate of drug-likeness (QED) is 0.754. The van der Waals surface area contributed by atoms with Gasteiger partial charge in [0.05, 0.1) is 18.5 Å². The van der Waals surface area contributed by atoms with E-state index in [-0.39, 0.29) is 0 Å². The van der Waals surface area contributed by atoms with Crippen molar-refractivity contribution in [3.63, 3.8) is 0 Å². The normalized spacial score (nSPS) is 9.71. The third kappa shape index (κ3) is 2.25. The Morgan fingerprint density at radius 2 is 1.88 bits per heavy atom. The number of aromatic nitrogens is 1. The molecule has 17 heavy (non-hydrogen) atoms. The molecule has 0 saturated carbocycles. The first-order valence-corrected chi connectivity index (χ1v) is 5.14. The zero-order valence-corrected chi connectivity index (χ0v) is 9.41. The molecule has 0 saturated heterocycles. The highest BCUT2D eigenvalue weighted by molar-refractivity contribution is 5.88. The SMILES string of the molecule is COc1ccccc1N(C=O)c1ccncc1. The number of hydrogen-bond donors (Lipinski definition) is 0. The molecule has 0 atom stereocenters. The number of ether oxygens (including phenoxy) is 1. The third-order valence-electron chi connectivity index (χ3n) is 2.39. The van der Waals surface area contributed by atoms with Crippen LogP contribution in [0.1, 0.15) is 0 Å². The number of amides is 1. The van der Waals surface area contributed by atoms with Crippen molar-refractivity contribution in [2.45, 2.75) is 0 Å². The molecule has 4 nitrogen and oxygen atoms in total. The second kappa shape index (κ2) is 5.12. The average Bonchev–Trinajstić information content (AvgIpc) is 2.41. The highest BCUT2D eigenvalue weighted by Crippen LogP contribution is 2.31. The summed E-state index contributed by atoms with van der Waals surface area (Å²) in [5, 5.41) is 0. The van der Waals surface area contributed by atoms with E-state index in [2.05, 4.69) is 4.98 Å². The van der Waals surface area contributed by atoms with Gasteiger partial charge in [-0.25, -0.2) is 0 Å². The fourth-order valence-electron chi connectivity index (χ4n) is 1.59. The Morgan fingerprint density at radius 1 is 1.18 bits per heavy atom. The highest BCUT2D eigenvalue weighted by Gasteiger charge is 2.12. The van der Waals surface area contributed by atoms with Gasteiger partial charge in [-0.2, -0.15) is 0 Å². The van der Waals surface area contributed by atoms with Crippen LogP contribution in [-0.4, -0.2) is 18.5 Å². The van der Waals surface area contributed by atoms with Crippen LogP contribution in [0.5, 0.6) is 5.75 Å². The molecule has 0 N–H and O–H groups in total. The zero-order valence-electron chi connectivity index (χ0n) is 9.41. The Kier molecular flexibility index (Phi) is 3.35. The number of methoxy groups -OCH3 is 1. The fourth-order valence-corrected chi connectivity index (χ4v) is 1.59. The van der Waals surface area contributed by atoms with Crippen LogP contribution in [0, 0.1) is 0 Å². The third-order valence-corrected chi connectivity index (χ3v) is 2.39. The van der Waals surface area contributed by atoms with Crippen LogP contribution in [0.3, 0.4) is 0 Å². The van der Waals surface area contributed by atoms with Gasteiger partial charge in [-0.05, 0) is 24.3 Å². The average molecular weight is 228 g/mol. The van der Waals surface area contributed by atoms with Crippen molar-refractivity contribution in [3.05, 3.63) is 48.8 Å². The Labute approximate surface area is 99.5 Å². The maximum Gasteiger partial charge on any atom is 0.218 e. The molecule has 86 valence electrons. The van der Waals surface area contributed by atoms with Gasteiger partial charge in [0.2, 0.25) is 6.41 Å². The minimum absolute atomic E-state index is 0.649. The van der Waals surface area contributed by atoms with Crippen molar-refractivity contribution in [2.75, 3.05) is 12.0 Å². The minimum Gasteiger partial charge on any atom is -0.495 e. The summed E-state index contributed by atoms with van der Waals surface area (Å²) in [7, 11) is 1.58. The van der Waals surface area contributed by atoms with E-state index in [0.717, 1.165) is 12.1 Å². The molecule has 1 amide bonds. The van der Waals surface area contributed by atoms with Crippen LogP contribution < -0.4 is 9.64 Å². The number of benzene rings is 1. The lowest BCUT2D eigenvalue weighted by Crippen LogP contribution is -2.14. The first-order chi connectivity index (χ1) is 8.36. The Hall–Kier alpha value is -2.36. The molecule has 0 aliphatic rings. The van der Waals surface area contributed by atoms with E-state index in [0.29, 0.717) is 11.4 Å². The van der Waals surface area contributed by atoms with Crippen LogP contribution in [-0.2, 0) is 4.79 Å². The van der Waals surface area contributed by atoms with Crippen molar-refractivity contribution in [1.29, 1.82) is 0 Å². The predicted octanol–water partition coefficient (Wildman–Crippen LogP) is 2.38.